The molecule has 1 aromatic heterocycles. The molecule has 2 saturated heterocycles. The van der Waals surface area contributed by atoms with E-state index in [2.05, 4.69) is 42.3 Å². The number of ether oxygens (including phenoxy) is 1. The number of rotatable bonds is 3. The van der Waals surface area contributed by atoms with Gasteiger partial charge >= 0.3 is 0 Å². The zero-order chi connectivity index (χ0) is 24.8. The van der Waals surface area contributed by atoms with Crippen LogP contribution >= 0.6 is 0 Å². The molecule has 0 aromatic carbocycles. The van der Waals surface area contributed by atoms with E-state index in [4.69, 9.17) is 4.74 Å². The van der Waals surface area contributed by atoms with E-state index in [0.29, 0.717) is 12.8 Å². The number of aryl methyl sites for hydroxylation is 1. The van der Waals surface area contributed by atoms with Gasteiger partial charge in [-0.25, -0.2) is 4.39 Å². The smallest absolute Gasteiger partial charge is 0.171 e. The Hall–Kier alpha value is -1.86. The molecular formula is C29H37FN2O3. The SMILES string of the molecule is Cc1ncccc1C=CC1=CCC2C1(C)CC=C1CC3(F)C(O)C(O)C(N(C)C)CC34CCC12O4. The zero-order valence-electron chi connectivity index (χ0n) is 21.2. The lowest BCUT2D eigenvalue weighted by Gasteiger charge is -2.61. The number of hydrogen-bond acceptors (Lipinski definition) is 5. The van der Waals surface area contributed by atoms with Gasteiger partial charge in [0.1, 0.15) is 11.7 Å². The fourth-order valence-corrected chi connectivity index (χ4v) is 8.12. The van der Waals surface area contributed by atoms with Gasteiger partial charge in [0.15, 0.2) is 5.67 Å². The van der Waals surface area contributed by atoms with Crippen molar-refractivity contribution in [3.8, 4) is 0 Å². The Balaban J connectivity index is 1.36. The molecule has 5 nitrogen and oxygen atoms in total. The molecule has 6 heteroatoms. The summed E-state index contributed by atoms with van der Waals surface area (Å²) in [5.74, 6) is 0.232. The summed E-state index contributed by atoms with van der Waals surface area (Å²) in [5.41, 5.74) is 0.797. The Labute approximate surface area is 207 Å². The Kier molecular flexibility index (Phi) is 5.09. The van der Waals surface area contributed by atoms with Gasteiger partial charge in [0, 0.05) is 35.7 Å². The van der Waals surface area contributed by atoms with Crippen molar-refractivity contribution in [3.05, 3.63) is 59.0 Å². The summed E-state index contributed by atoms with van der Waals surface area (Å²) in [5, 5.41) is 21.9. The third kappa shape index (κ3) is 2.97. The lowest BCUT2D eigenvalue weighted by molar-refractivity contribution is -0.283. The summed E-state index contributed by atoms with van der Waals surface area (Å²) in [6.45, 7) is 4.35. The van der Waals surface area contributed by atoms with Crippen LogP contribution in [0.25, 0.3) is 6.08 Å². The van der Waals surface area contributed by atoms with E-state index in [1.807, 2.05) is 38.2 Å². The first kappa shape index (κ1) is 23.5. The van der Waals surface area contributed by atoms with Crippen LogP contribution in [0, 0.1) is 18.3 Å². The van der Waals surface area contributed by atoms with Crippen LogP contribution in [0.2, 0.25) is 0 Å². The van der Waals surface area contributed by atoms with Gasteiger partial charge in [-0.2, -0.15) is 0 Å². The first-order chi connectivity index (χ1) is 16.6. The molecule has 2 bridgehead atoms. The Morgan fingerprint density at radius 1 is 1.20 bits per heavy atom. The van der Waals surface area contributed by atoms with E-state index in [-0.39, 0.29) is 23.8 Å². The van der Waals surface area contributed by atoms with Crippen molar-refractivity contribution in [2.24, 2.45) is 11.3 Å². The van der Waals surface area contributed by atoms with E-state index in [9.17, 15) is 10.2 Å². The van der Waals surface area contributed by atoms with Crippen LogP contribution in [0.15, 0.2) is 47.7 Å². The maximum atomic E-state index is 16.8. The van der Waals surface area contributed by atoms with Crippen LogP contribution in [0.4, 0.5) is 4.39 Å². The molecule has 8 atom stereocenters. The Bertz CT molecular complexity index is 1150. The van der Waals surface area contributed by atoms with Crippen molar-refractivity contribution < 1.29 is 19.3 Å². The van der Waals surface area contributed by atoms with Gasteiger partial charge in [-0.15, -0.1) is 0 Å². The van der Waals surface area contributed by atoms with Crippen LogP contribution in [-0.4, -0.2) is 69.3 Å². The van der Waals surface area contributed by atoms with Crippen LogP contribution in [-0.2, 0) is 4.74 Å². The number of aromatic nitrogens is 1. The minimum Gasteiger partial charge on any atom is -0.389 e. The van der Waals surface area contributed by atoms with E-state index in [0.717, 1.165) is 36.1 Å². The average molecular weight is 481 g/mol. The van der Waals surface area contributed by atoms with Crippen molar-refractivity contribution in [2.45, 2.75) is 87.5 Å². The third-order valence-corrected chi connectivity index (χ3v) is 10.2. The maximum Gasteiger partial charge on any atom is 0.171 e. The molecule has 3 aliphatic carbocycles. The van der Waals surface area contributed by atoms with Crippen molar-refractivity contribution in [2.75, 3.05) is 14.1 Å². The molecule has 35 heavy (non-hydrogen) atoms. The summed E-state index contributed by atoms with van der Waals surface area (Å²) in [4.78, 5) is 6.30. The summed E-state index contributed by atoms with van der Waals surface area (Å²) < 4.78 is 23.8. The molecule has 188 valence electrons. The van der Waals surface area contributed by atoms with Gasteiger partial charge in [0.25, 0.3) is 0 Å². The monoisotopic (exact) mass is 480 g/mol. The number of aliphatic hydroxyl groups excluding tert-OH is 2. The predicted molar refractivity (Wildman–Crippen MR) is 133 cm³/mol. The predicted octanol–water partition coefficient (Wildman–Crippen LogP) is 4.14. The average Bonchev–Trinajstić information content (AvgIpc) is 3.34. The number of allylic oxidation sites excluding steroid dienone is 4. The number of nitrogens with zero attached hydrogens (tertiary/aromatic N) is 2. The molecule has 2 aliphatic heterocycles. The van der Waals surface area contributed by atoms with Gasteiger partial charge in [-0.05, 0) is 75.9 Å². The van der Waals surface area contributed by atoms with Crippen molar-refractivity contribution in [3.63, 3.8) is 0 Å². The van der Waals surface area contributed by atoms with Gasteiger partial charge in [-0.1, -0.05) is 37.3 Å². The van der Waals surface area contributed by atoms with Crippen molar-refractivity contribution >= 4 is 6.08 Å². The molecule has 2 N–H and O–H groups in total. The topological polar surface area (TPSA) is 65.8 Å². The van der Waals surface area contributed by atoms with E-state index in [1.165, 1.54) is 5.57 Å². The normalized spacial score (nSPS) is 46.3. The quantitative estimate of drug-likeness (QED) is 0.637. The molecule has 3 fully saturated rings. The highest BCUT2D eigenvalue weighted by Crippen LogP contribution is 2.70. The molecule has 0 radical (unpaired) electrons. The molecule has 2 spiro atoms. The number of alkyl halides is 1. The number of fused-ring (bicyclic) bond motifs is 1. The molecule has 6 rings (SSSR count). The van der Waals surface area contributed by atoms with E-state index < -0.39 is 29.1 Å². The lowest BCUT2D eigenvalue weighted by atomic mass is 9.57. The number of aliphatic hydroxyl groups is 2. The minimum atomic E-state index is -1.97. The second-order valence-electron chi connectivity index (χ2n) is 12.0. The largest absolute Gasteiger partial charge is 0.389 e. The first-order valence-corrected chi connectivity index (χ1v) is 13.0. The van der Waals surface area contributed by atoms with E-state index >= 15 is 4.39 Å². The summed E-state index contributed by atoms with van der Waals surface area (Å²) in [6.07, 6.45) is 11.7. The van der Waals surface area contributed by atoms with Crippen molar-refractivity contribution in [1.82, 2.24) is 9.88 Å². The second-order valence-corrected chi connectivity index (χ2v) is 12.0. The van der Waals surface area contributed by atoms with E-state index in [1.54, 1.807) is 0 Å². The molecule has 1 aromatic rings. The third-order valence-electron chi connectivity index (χ3n) is 10.2. The fraction of sp³-hybridized carbons (Fsp3) is 0.621. The summed E-state index contributed by atoms with van der Waals surface area (Å²) in [6, 6.07) is 3.71. The number of likely N-dealkylation sites (N-methyl/N-ethyl adjacent to an activating group) is 1. The van der Waals surface area contributed by atoms with Gasteiger partial charge in [-0.3, -0.25) is 4.98 Å². The van der Waals surface area contributed by atoms with Crippen LogP contribution in [0.3, 0.4) is 0 Å². The Morgan fingerprint density at radius 3 is 2.74 bits per heavy atom. The van der Waals surface area contributed by atoms with Crippen LogP contribution in [0.5, 0.6) is 0 Å². The first-order valence-electron chi connectivity index (χ1n) is 13.0. The molecule has 5 aliphatic rings. The highest BCUT2D eigenvalue weighted by Gasteiger charge is 2.76. The molecule has 0 amide bonds. The highest BCUT2D eigenvalue weighted by atomic mass is 19.1. The maximum absolute atomic E-state index is 16.8. The van der Waals surface area contributed by atoms with Crippen molar-refractivity contribution in [1.29, 1.82) is 0 Å². The number of pyridine rings is 1. The molecular weight excluding hydrogens is 443 g/mol. The highest BCUT2D eigenvalue weighted by molar-refractivity contribution is 5.57. The van der Waals surface area contributed by atoms with Gasteiger partial charge < -0.3 is 19.8 Å². The summed E-state index contributed by atoms with van der Waals surface area (Å²) in [7, 11) is 3.75. The fourth-order valence-electron chi connectivity index (χ4n) is 8.12. The standard InChI is InChI=1S/C29H37FN2O3/c1-18-19(6-5-15-31-18)7-8-20-9-10-23-26(20,2)12-11-21-16-29(30)25(34)24(33)22(32(3)4)17-27(29)13-14-28(21,23)35-27/h5-9,11,15,22-25,33-34H,10,12-14,16-17H2,1-4H3. The second kappa shape index (κ2) is 7.58. The van der Waals surface area contributed by atoms with Gasteiger partial charge in [0.05, 0.1) is 11.7 Å². The lowest BCUT2D eigenvalue weighted by Crippen LogP contribution is -2.74. The van der Waals surface area contributed by atoms with Gasteiger partial charge in [0.2, 0.25) is 0 Å². The number of hydrogen-bond donors (Lipinski definition) is 2. The number of halogens is 1. The van der Waals surface area contributed by atoms with Crippen LogP contribution in [0.1, 0.15) is 56.7 Å². The summed E-state index contributed by atoms with van der Waals surface area (Å²) >= 11 is 0. The Morgan fingerprint density at radius 2 is 2.00 bits per heavy atom. The molecule has 8 unspecified atom stereocenters. The van der Waals surface area contributed by atoms with Crippen LogP contribution < -0.4 is 0 Å². The molecule has 1 saturated carbocycles. The molecule has 3 heterocycles. The minimum absolute atomic E-state index is 0.0916. The zero-order valence-corrected chi connectivity index (χ0v) is 21.2.